The van der Waals surface area contributed by atoms with Gasteiger partial charge >= 0.3 is 0 Å². The van der Waals surface area contributed by atoms with Crippen LogP contribution < -0.4 is 5.73 Å². The fourth-order valence-electron chi connectivity index (χ4n) is 6.13. The van der Waals surface area contributed by atoms with Crippen LogP contribution in [-0.2, 0) is 20.8 Å². The first-order valence-corrected chi connectivity index (χ1v) is 12.6. The average molecular weight is 516 g/mol. The number of rotatable bonds is 4. The summed E-state index contributed by atoms with van der Waals surface area (Å²) in [7, 11) is 0. The Balaban J connectivity index is 1.69. The lowest BCUT2D eigenvalue weighted by atomic mass is 9.59. The largest absolute Gasteiger partial charge is 0.508 e. The Labute approximate surface area is 219 Å². The second kappa shape index (κ2) is 8.99. The molecule has 8 nitrogen and oxygen atoms in total. The second-order valence-electron chi connectivity index (χ2n) is 10.6. The Bertz CT molecular complexity index is 1480. The fraction of sp³-hybridized carbons (Fsp3) is 0.300. The third-order valence-electron chi connectivity index (χ3n) is 8.00. The Morgan fingerprint density at radius 1 is 1.08 bits per heavy atom. The third-order valence-corrected chi connectivity index (χ3v) is 8.00. The molecule has 0 aliphatic heterocycles. The number of aliphatic hydroxyl groups excluding tert-OH is 2. The van der Waals surface area contributed by atoms with Gasteiger partial charge in [-0.15, -0.1) is 0 Å². The summed E-state index contributed by atoms with van der Waals surface area (Å²) in [4.78, 5) is 38.1. The number of aliphatic hydroxyl groups is 3. The van der Waals surface area contributed by atoms with Crippen molar-refractivity contribution >= 4 is 35.4 Å². The van der Waals surface area contributed by atoms with E-state index in [0.29, 0.717) is 11.1 Å². The highest BCUT2D eigenvalue weighted by Gasteiger charge is 2.60. The molecule has 8 heteroatoms. The first kappa shape index (κ1) is 25.5. The van der Waals surface area contributed by atoms with Crippen molar-refractivity contribution in [1.82, 2.24) is 0 Å². The molecular formula is C30H29NO7. The van der Waals surface area contributed by atoms with E-state index in [4.69, 9.17) is 5.73 Å². The van der Waals surface area contributed by atoms with Gasteiger partial charge in [0.25, 0.3) is 5.91 Å². The summed E-state index contributed by atoms with van der Waals surface area (Å²) in [5.41, 5.74) is 4.78. The molecule has 1 saturated carbocycles. The number of ketones is 2. The van der Waals surface area contributed by atoms with Gasteiger partial charge in [-0.2, -0.15) is 0 Å². The Morgan fingerprint density at radius 2 is 1.76 bits per heavy atom. The van der Waals surface area contributed by atoms with Crippen LogP contribution in [0, 0.1) is 11.8 Å². The molecule has 0 aromatic heterocycles. The van der Waals surface area contributed by atoms with Crippen molar-refractivity contribution in [2.45, 2.75) is 44.6 Å². The van der Waals surface area contributed by atoms with Crippen LogP contribution in [0.5, 0.6) is 5.75 Å². The van der Waals surface area contributed by atoms with E-state index in [9.17, 15) is 34.8 Å². The lowest BCUT2D eigenvalue weighted by Crippen LogP contribution is -2.58. The SMILES string of the molecule is CC(C)c1cc(/C=C/c2ccccc2)c(O)c2c1C[C@H]1C[C@H]3CC(=O)C(C(N)=O)=C(O)[C@@]3(O)C(=O)C1=C2O. The molecule has 5 rings (SSSR count). The van der Waals surface area contributed by atoms with Crippen LogP contribution in [0.25, 0.3) is 17.9 Å². The number of fused-ring (bicyclic) bond motifs is 3. The van der Waals surface area contributed by atoms with E-state index in [0.717, 1.165) is 11.1 Å². The summed E-state index contributed by atoms with van der Waals surface area (Å²) in [5.74, 6) is -6.26. The van der Waals surface area contributed by atoms with E-state index >= 15 is 0 Å². The molecule has 0 saturated heterocycles. The van der Waals surface area contributed by atoms with E-state index in [-0.39, 0.29) is 42.1 Å². The number of Topliss-reactive ketones (excluding diaryl/α,β-unsaturated/α-hetero) is 2. The summed E-state index contributed by atoms with van der Waals surface area (Å²) in [6.45, 7) is 3.98. The zero-order chi connectivity index (χ0) is 27.5. The van der Waals surface area contributed by atoms with Crippen molar-refractivity contribution in [3.63, 3.8) is 0 Å². The van der Waals surface area contributed by atoms with E-state index in [2.05, 4.69) is 0 Å². The molecule has 2 aromatic carbocycles. The van der Waals surface area contributed by atoms with Crippen molar-refractivity contribution in [1.29, 1.82) is 0 Å². The van der Waals surface area contributed by atoms with Gasteiger partial charge in [-0.25, -0.2) is 0 Å². The number of hydrogen-bond donors (Lipinski definition) is 5. The van der Waals surface area contributed by atoms with Gasteiger partial charge in [0.15, 0.2) is 11.4 Å². The average Bonchev–Trinajstić information content (AvgIpc) is 2.86. The van der Waals surface area contributed by atoms with Crippen LogP contribution in [0.3, 0.4) is 0 Å². The van der Waals surface area contributed by atoms with Gasteiger partial charge in [0.05, 0.1) is 5.56 Å². The van der Waals surface area contributed by atoms with E-state index in [1.807, 2.05) is 56.3 Å². The number of phenols is 1. The molecule has 3 aliphatic rings. The van der Waals surface area contributed by atoms with Crippen LogP contribution in [0.2, 0.25) is 0 Å². The molecule has 6 N–H and O–H groups in total. The molecule has 3 aliphatic carbocycles. The third kappa shape index (κ3) is 3.67. The monoisotopic (exact) mass is 515 g/mol. The number of primary amides is 1. The topological polar surface area (TPSA) is 158 Å². The molecule has 196 valence electrons. The predicted molar refractivity (Wildman–Crippen MR) is 141 cm³/mol. The van der Waals surface area contributed by atoms with E-state index in [1.54, 1.807) is 6.08 Å². The first-order valence-electron chi connectivity index (χ1n) is 12.6. The summed E-state index contributed by atoms with van der Waals surface area (Å²) >= 11 is 0. The van der Waals surface area contributed by atoms with Gasteiger partial charge in [0, 0.05) is 23.5 Å². The second-order valence-corrected chi connectivity index (χ2v) is 10.6. The van der Waals surface area contributed by atoms with Crippen molar-refractivity contribution in [2.75, 3.05) is 0 Å². The van der Waals surface area contributed by atoms with E-state index in [1.165, 1.54) is 0 Å². The van der Waals surface area contributed by atoms with E-state index < -0.39 is 52.0 Å². The Morgan fingerprint density at radius 3 is 2.39 bits per heavy atom. The predicted octanol–water partition coefficient (Wildman–Crippen LogP) is 3.72. The highest BCUT2D eigenvalue weighted by molar-refractivity contribution is 6.22. The summed E-state index contributed by atoms with van der Waals surface area (Å²) in [5, 5.41) is 44.9. The molecule has 3 atom stereocenters. The van der Waals surface area contributed by atoms with Crippen LogP contribution in [-0.4, -0.2) is 43.5 Å². The zero-order valence-electron chi connectivity index (χ0n) is 21.1. The quantitative estimate of drug-likeness (QED) is 0.307. The molecule has 0 bridgehead atoms. The maximum Gasteiger partial charge on any atom is 0.255 e. The van der Waals surface area contributed by atoms with Crippen LogP contribution in [0.1, 0.15) is 60.4 Å². The Kier molecular flexibility index (Phi) is 6.03. The summed E-state index contributed by atoms with van der Waals surface area (Å²) in [6.07, 6.45) is 3.61. The van der Waals surface area contributed by atoms with Gasteiger partial charge in [0.2, 0.25) is 5.78 Å². The normalized spacial score (nSPS) is 25.1. The smallest absolute Gasteiger partial charge is 0.255 e. The molecule has 2 aromatic rings. The molecule has 0 unspecified atom stereocenters. The maximum absolute atomic E-state index is 13.7. The number of carbonyl (C=O) groups is 3. The number of phenolic OH excluding ortho intramolecular Hbond substituents is 1. The van der Waals surface area contributed by atoms with Crippen LogP contribution >= 0.6 is 0 Å². The number of amides is 1. The van der Waals surface area contributed by atoms with Gasteiger partial charge in [0.1, 0.15) is 22.8 Å². The molecule has 1 amide bonds. The maximum atomic E-state index is 13.7. The highest BCUT2D eigenvalue weighted by atomic mass is 16.3. The highest BCUT2D eigenvalue weighted by Crippen LogP contribution is 2.53. The molecule has 0 spiro atoms. The molecule has 0 heterocycles. The minimum Gasteiger partial charge on any atom is -0.508 e. The standard InChI is InChI=1S/C30H29NO7/c1-14(2)19-11-16(9-8-15-6-4-3-5-7-15)25(33)23-20(19)12-17-10-18-13-21(32)24(29(31)37)28(36)30(18,38)27(35)22(17)26(23)34/h3-9,11,14,17-18,33-34,36,38H,10,12-13H2,1-2H3,(H2,31,37)/b9-8+/t17-,18+,30+/m1/s1. The number of benzene rings is 2. The van der Waals surface area contributed by atoms with Gasteiger partial charge < -0.3 is 26.2 Å². The lowest BCUT2D eigenvalue weighted by Gasteiger charge is -2.46. The van der Waals surface area contributed by atoms with Crippen molar-refractivity contribution in [3.8, 4) is 5.75 Å². The number of aromatic hydroxyl groups is 1. The number of nitrogens with two attached hydrogens (primary N) is 1. The lowest BCUT2D eigenvalue weighted by molar-refractivity contribution is -0.147. The first-order chi connectivity index (χ1) is 18.0. The molecular weight excluding hydrogens is 486 g/mol. The number of carbonyl (C=O) groups excluding carboxylic acids is 3. The molecule has 38 heavy (non-hydrogen) atoms. The summed E-state index contributed by atoms with van der Waals surface area (Å²) in [6, 6.07) is 11.4. The fourth-order valence-corrected chi connectivity index (χ4v) is 6.13. The van der Waals surface area contributed by atoms with Gasteiger partial charge in [-0.3, -0.25) is 14.4 Å². The molecule has 1 fully saturated rings. The Hall–Kier alpha value is -4.17. The van der Waals surface area contributed by atoms with Crippen molar-refractivity contribution in [2.24, 2.45) is 17.6 Å². The van der Waals surface area contributed by atoms with Crippen molar-refractivity contribution in [3.05, 3.63) is 81.1 Å². The van der Waals surface area contributed by atoms with Crippen molar-refractivity contribution < 1.29 is 34.8 Å². The molecule has 0 radical (unpaired) electrons. The minimum absolute atomic E-state index is 0.0279. The van der Waals surface area contributed by atoms with Crippen LogP contribution in [0.15, 0.2) is 53.3 Å². The zero-order valence-corrected chi connectivity index (χ0v) is 21.1. The van der Waals surface area contributed by atoms with Crippen LogP contribution in [0.4, 0.5) is 0 Å². The minimum atomic E-state index is -2.57. The van der Waals surface area contributed by atoms with Gasteiger partial charge in [-0.1, -0.05) is 56.3 Å². The summed E-state index contributed by atoms with van der Waals surface area (Å²) < 4.78 is 0. The van der Waals surface area contributed by atoms with Gasteiger partial charge in [-0.05, 0) is 47.4 Å². The number of hydrogen-bond acceptors (Lipinski definition) is 7.